The van der Waals surface area contributed by atoms with E-state index in [1.54, 1.807) is 12.1 Å². The molecule has 6 nitrogen and oxygen atoms in total. The van der Waals surface area contributed by atoms with Crippen LogP contribution in [-0.4, -0.2) is 19.5 Å². The Kier molecular flexibility index (Phi) is 4.58. The third-order valence-electron chi connectivity index (χ3n) is 2.54. The molecule has 21 heavy (non-hydrogen) atoms. The molecule has 2 N–H and O–H groups in total. The number of furan rings is 1. The number of sulfonamides is 1. The highest BCUT2D eigenvalue weighted by Gasteiger charge is 2.23. The van der Waals surface area contributed by atoms with Gasteiger partial charge in [0.2, 0.25) is 10.0 Å². The summed E-state index contributed by atoms with van der Waals surface area (Å²) < 4.78 is 31.6. The second-order valence-electron chi connectivity index (χ2n) is 3.97. The fraction of sp³-hybridized carbons (Fsp3) is 0.0833. The molecule has 0 fully saturated rings. The standard InChI is InChI=1S/C12H9Cl2NO5S/c13-7-4-9(12(16)17)11(14)10(5-7)21(18,19)15-6-8-2-1-3-20-8/h1-5,15H,6H2,(H,16,17). The zero-order chi connectivity index (χ0) is 15.6. The molecular weight excluding hydrogens is 341 g/mol. The first-order valence-electron chi connectivity index (χ1n) is 5.55. The summed E-state index contributed by atoms with van der Waals surface area (Å²) in [6, 6.07) is 5.36. The van der Waals surface area contributed by atoms with Crippen LogP contribution in [0.2, 0.25) is 10.0 Å². The van der Waals surface area contributed by atoms with E-state index in [9.17, 15) is 13.2 Å². The van der Waals surface area contributed by atoms with Gasteiger partial charge in [-0.15, -0.1) is 0 Å². The molecule has 0 saturated heterocycles. The molecule has 2 rings (SSSR count). The van der Waals surface area contributed by atoms with Gasteiger partial charge in [-0.05, 0) is 24.3 Å². The van der Waals surface area contributed by atoms with Gasteiger partial charge < -0.3 is 9.52 Å². The van der Waals surface area contributed by atoms with E-state index in [-0.39, 0.29) is 17.1 Å². The smallest absolute Gasteiger partial charge is 0.337 e. The number of hydrogen-bond donors (Lipinski definition) is 2. The first-order valence-corrected chi connectivity index (χ1v) is 7.79. The Morgan fingerprint density at radius 3 is 2.62 bits per heavy atom. The molecule has 0 bridgehead atoms. The molecule has 9 heteroatoms. The maximum atomic E-state index is 12.2. The van der Waals surface area contributed by atoms with Crippen LogP contribution in [0.1, 0.15) is 16.1 Å². The van der Waals surface area contributed by atoms with Gasteiger partial charge >= 0.3 is 5.97 Å². The number of halogens is 2. The van der Waals surface area contributed by atoms with Crippen molar-refractivity contribution in [2.45, 2.75) is 11.4 Å². The van der Waals surface area contributed by atoms with Gasteiger partial charge in [-0.2, -0.15) is 0 Å². The van der Waals surface area contributed by atoms with Crippen molar-refractivity contribution in [2.75, 3.05) is 0 Å². The van der Waals surface area contributed by atoms with E-state index < -0.39 is 25.9 Å². The molecule has 0 spiro atoms. The van der Waals surface area contributed by atoms with Gasteiger partial charge in [0, 0.05) is 5.02 Å². The van der Waals surface area contributed by atoms with E-state index in [2.05, 4.69) is 4.72 Å². The van der Waals surface area contributed by atoms with Gasteiger partial charge in [-0.3, -0.25) is 0 Å². The zero-order valence-electron chi connectivity index (χ0n) is 10.3. The molecule has 2 aromatic rings. The normalized spacial score (nSPS) is 11.5. The third-order valence-corrected chi connectivity index (χ3v) is 4.70. The number of benzene rings is 1. The largest absolute Gasteiger partial charge is 0.478 e. The van der Waals surface area contributed by atoms with Crippen molar-refractivity contribution in [1.82, 2.24) is 4.72 Å². The number of rotatable bonds is 5. The minimum atomic E-state index is -4.04. The quantitative estimate of drug-likeness (QED) is 0.864. The fourth-order valence-electron chi connectivity index (χ4n) is 1.57. The van der Waals surface area contributed by atoms with Crippen LogP contribution in [-0.2, 0) is 16.6 Å². The van der Waals surface area contributed by atoms with Gasteiger partial charge in [-0.25, -0.2) is 17.9 Å². The zero-order valence-corrected chi connectivity index (χ0v) is 12.7. The van der Waals surface area contributed by atoms with Gasteiger partial charge in [0.1, 0.15) is 10.7 Å². The number of carboxylic acids is 1. The Balaban J connectivity index is 2.37. The van der Waals surface area contributed by atoms with Crippen LogP contribution < -0.4 is 4.72 Å². The number of nitrogens with one attached hydrogen (secondary N) is 1. The average molecular weight is 350 g/mol. The van der Waals surface area contributed by atoms with Crippen molar-refractivity contribution >= 4 is 39.2 Å². The fourth-order valence-corrected chi connectivity index (χ4v) is 3.47. The maximum absolute atomic E-state index is 12.2. The summed E-state index contributed by atoms with van der Waals surface area (Å²) in [5.41, 5.74) is -0.387. The highest BCUT2D eigenvalue weighted by molar-refractivity contribution is 7.89. The number of aromatic carboxylic acids is 1. The molecule has 0 radical (unpaired) electrons. The SMILES string of the molecule is O=C(O)c1cc(Cl)cc(S(=O)(=O)NCc2ccco2)c1Cl. The molecule has 1 aromatic carbocycles. The molecule has 0 atom stereocenters. The lowest BCUT2D eigenvalue weighted by Gasteiger charge is -2.10. The maximum Gasteiger partial charge on any atom is 0.337 e. The Morgan fingerprint density at radius 1 is 1.33 bits per heavy atom. The highest BCUT2D eigenvalue weighted by atomic mass is 35.5. The summed E-state index contributed by atoms with van der Waals surface area (Å²) in [7, 11) is -4.04. The van der Waals surface area contributed by atoms with Crippen molar-refractivity contribution < 1.29 is 22.7 Å². The lowest BCUT2D eigenvalue weighted by Crippen LogP contribution is -2.24. The summed E-state index contributed by atoms with van der Waals surface area (Å²) in [5.74, 6) is -0.972. The summed E-state index contributed by atoms with van der Waals surface area (Å²) in [6.07, 6.45) is 1.40. The molecular formula is C12H9Cl2NO5S. The number of carbonyl (C=O) groups is 1. The van der Waals surface area contributed by atoms with Crippen LogP contribution in [0.25, 0.3) is 0 Å². The van der Waals surface area contributed by atoms with Crippen molar-refractivity contribution in [1.29, 1.82) is 0 Å². The predicted octanol–water partition coefficient (Wildman–Crippen LogP) is 2.76. The van der Waals surface area contributed by atoms with Crippen molar-refractivity contribution in [3.05, 3.63) is 51.9 Å². The predicted molar refractivity (Wildman–Crippen MR) is 76.2 cm³/mol. The summed E-state index contributed by atoms with van der Waals surface area (Å²) in [4.78, 5) is 10.6. The Bertz CT molecular complexity index is 771. The topological polar surface area (TPSA) is 96.6 Å². The first-order chi connectivity index (χ1) is 9.81. The molecule has 0 unspecified atom stereocenters. The van der Waals surface area contributed by atoms with Crippen LogP contribution >= 0.6 is 23.2 Å². The van der Waals surface area contributed by atoms with Crippen LogP contribution in [0.4, 0.5) is 0 Å². The van der Waals surface area contributed by atoms with Crippen molar-refractivity contribution in [3.8, 4) is 0 Å². The van der Waals surface area contributed by atoms with Crippen LogP contribution in [0.3, 0.4) is 0 Å². The summed E-state index contributed by atoms with van der Waals surface area (Å²) in [6.45, 7) is -0.0966. The van der Waals surface area contributed by atoms with E-state index in [1.165, 1.54) is 6.26 Å². The van der Waals surface area contributed by atoms with Crippen molar-refractivity contribution in [2.24, 2.45) is 0 Å². The summed E-state index contributed by atoms with van der Waals surface area (Å²) >= 11 is 11.6. The van der Waals surface area contributed by atoms with E-state index >= 15 is 0 Å². The third kappa shape index (κ3) is 3.56. The molecule has 1 aromatic heterocycles. The molecule has 0 amide bonds. The number of hydrogen-bond acceptors (Lipinski definition) is 4. The Labute approximate surface area is 130 Å². The van der Waals surface area contributed by atoms with E-state index in [0.29, 0.717) is 5.76 Å². The Morgan fingerprint density at radius 2 is 2.05 bits per heavy atom. The second-order valence-corrected chi connectivity index (χ2v) is 6.52. The van der Waals surface area contributed by atoms with E-state index in [1.807, 2.05) is 0 Å². The molecule has 0 aliphatic rings. The molecule has 0 saturated carbocycles. The monoisotopic (exact) mass is 349 g/mol. The summed E-state index contributed by atoms with van der Waals surface area (Å²) in [5, 5.41) is 8.54. The first kappa shape index (κ1) is 15.8. The lowest BCUT2D eigenvalue weighted by atomic mass is 10.2. The molecule has 1 heterocycles. The van der Waals surface area contributed by atoms with Gasteiger partial charge in [0.25, 0.3) is 0 Å². The minimum absolute atomic E-state index is 0.0461. The second kappa shape index (κ2) is 6.07. The van der Waals surface area contributed by atoms with Crippen LogP contribution in [0.5, 0.6) is 0 Å². The average Bonchev–Trinajstić information content (AvgIpc) is 2.91. The molecule has 0 aliphatic heterocycles. The molecule has 0 aliphatic carbocycles. The number of carboxylic acid groups (broad SMARTS) is 1. The van der Waals surface area contributed by atoms with E-state index in [0.717, 1.165) is 12.1 Å². The van der Waals surface area contributed by atoms with Gasteiger partial charge in [0.15, 0.2) is 0 Å². The lowest BCUT2D eigenvalue weighted by molar-refractivity contribution is 0.0697. The van der Waals surface area contributed by atoms with E-state index in [4.69, 9.17) is 32.7 Å². The van der Waals surface area contributed by atoms with Crippen LogP contribution in [0, 0.1) is 0 Å². The van der Waals surface area contributed by atoms with Gasteiger partial charge in [0.05, 0.1) is 23.4 Å². The van der Waals surface area contributed by atoms with Crippen LogP contribution in [0.15, 0.2) is 39.8 Å². The van der Waals surface area contributed by atoms with Gasteiger partial charge in [-0.1, -0.05) is 23.2 Å². The Hall–Kier alpha value is -1.54. The van der Waals surface area contributed by atoms with Crippen molar-refractivity contribution in [3.63, 3.8) is 0 Å². The highest BCUT2D eigenvalue weighted by Crippen LogP contribution is 2.29. The minimum Gasteiger partial charge on any atom is -0.478 e. The molecule has 112 valence electrons.